The molecule has 2 N–H and O–H groups in total. The lowest BCUT2D eigenvalue weighted by molar-refractivity contribution is 0.0698. The van der Waals surface area contributed by atoms with Crippen LogP contribution in [0.15, 0.2) is 24.4 Å². The third-order valence-corrected chi connectivity index (χ3v) is 2.92. The largest absolute Gasteiger partial charge is 0.478 e. The van der Waals surface area contributed by atoms with Crippen LogP contribution >= 0.6 is 0 Å². The van der Waals surface area contributed by atoms with Gasteiger partial charge in [-0.1, -0.05) is 12.1 Å². The highest BCUT2D eigenvalue weighted by molar-refractivity contribution is 6.03. The van der Waals surface area contributed by atoms with E-state index in [-0.39, 0.29) is 0 Å². The molecule has 0 spiro atoms. The molecule has 0 bridgehead atoms. The van der Waals surface area contributed by atoms with Crippen LogP contribution in [-0.4, -0.2) is 22.7 Å². The van der Waals surface area contributed by atoms with Gasteiger partial charge in [-0.05, 0) is 25.6 Å². The summed E-state index contributed by atoms with van der Waals surface area (Å²) in [5, 5.41) is 13.3. The average molecular weight is 232 g/mol. The normalized spacial score (nSPS) is 10.9. The number of hydrogen-bond donors (Lipinski definition) is 2. The number of fused-ring (bicyclic) bond motifs is 1. The van der Waals surface area contributed by atoms with Gasteiger partial charge in [-0.15, -0.1) is 0 Å². The van der Waals surface area contributed by atoms with Crippen molar-refractivity contribution in [3.05, 3.63) is 35.5 Å². The van der Waals surface area contributed by atoms with Gasteiger partial charge >= 0.3 is 5.97 Å². The minimum absolute atomic E-state index is 0.367. The van der Waals surface area contributed by atoms with Crippen LogP contribution in [0.4, 0.5) is 0 Å². The topological polar surface area (TPSA) is 54.3 Å². The third kappa shape index (κ3) is 1.91. The predicted molar refractivity (Wildman–Crippen MR) is 67.3 cm³/mol. The van der Waals surface area contributed by atoms with E-state index in [9.17, 15) is 9.90 Å². The van der Waals surface area contributed by atoms with E-state index in [4.69, 9.17) is 0 Å². The predicted octanol–water partition coefficient (Wildman–Crippen LogP) is 2.08. The summed E-state index contributed by atoms with van der Waals surface area (Å²) >= 11 is 0. The number of carbonyl (C=O) groups is 1. The molecule has 0 fully saturated rings. The number of nitrogens with zero attached hydrogens (tertiary/aromatic N) is 1. The maximum Gasteiger partial charge on any atom is 0.337 e. The zero-order valence-corrected chi connectivity index (χ0v) is 10.0. The number of aromatic carboxylic acids is 1. The van der Waals surface area contributed by atoms with E-state index >= 15 is 0 Å². The molecule has 1 heterocycles. The molecule has 1 aromatic heterocycles. The minimum Gasteiger partial charge on any atom is -0.478 e. The zero-order valence-electron chi connectivity index (χ0n) is 10.0. The lowest BCUT2D eigenvalue weighted by Crippen LogP contribution is -2.04. The van der Waals surface area contributed by atoms with Gasteiger partial charge in [-0.2, -0.15) is 0 Å². The van der Waals surface area contributed by atoms with E-state index in [0.29, 0.717) is 5.56 Å². The van der Waals surface area contributed by atoms with Crippen LogP contribution in [0.3, 0.4) is 0 Å². The molecule has 0 radical (unpaired) electrons. The molecule has 17 heavy (non-hydrogen) atoms. The van der Waals surface area contributed by atoms with Crippen molar-refractivity contribution in [1.29, 1.82) is 0 Å². The van der Waals surface area contributed by atoms with Crippen molar-refractivity contribution in [3.8, 4) is 0 Å². The Morgan fingerprint density at radius 3 is 2.82 bits per heavy atom. The molecule has 0 aliphatic carbocycles. The van der Waals surface area contributed by atoms with Gasteiger partial charge in [-0.25, -0.2) is 4.79 Å². The van der Waals surface area contributed by atoms with Gasteiger partial charge in [0, 0.05) is 24.7 Å². The number of carboxylic acids is 1. The van der Waals surface area contributed by atoms with Crippen LogP contribution in [0, 0.1) is 0 Å². The quantitative estimate of drug-likeness (QED) is 0.848. The highest BCUT2D eigenvalue weighted by Gasteiger charge is 2.14. The lowest BCUT2D eigenvalue weighted by atomic mass is 10.1. The molecule has 0 atom stereocenters. The van der Waals surface area contributed by atoms with Gasteiger partial charge in [0.25, 0.3) is 0 Å². The minimum atomic E-state index is -0.876. The molecule has 2 rings (SSSR count). The fraction of sp³-hybridized carbons (Fsp3) is 0.308. The molecule has 4 heteroatoms. The van der Waals surface area contributed by atoms with E-state index in [1.165, 1.54) is 0 Å². The summed E-state index contributed by atoms with van der Waals surface area (Å²) in [6.45, 7) is 3.53. The monoisotopic (exact) mass is 232 g/mol. The Morgan fingerprint density at radius 1 is 1.47 bits per heavy atom. The van der Waals surface area contributed by atoms with E-state index in [1.54, 1.807) is 12.1 Å². The van der Waals surface area contributed by atoms with E-state index < -0.39 is 5.97 Å². The van der Waals surface area contributed by atoms with Crippen LogP contribution in [-0.2, 0) is 13.1 Å². The van der Waals surface area contributed by atoms with Crippen molar-refractivity contribution in [2.24, 2.45) is 0 Å². The molecule has 0 saturated carbocycles. The zero-order chi connectivity index (χ0) is 12.4. The van der Waals surface area contributed by atoms with Gasteiger partial charge in [0.05, 0.1) is 11.1 Å². The first-order valence-corrected chi connectivity index (χ1v) is 5.67. The van der Waals surface area contributed by atoms with Crippen LogP contribution in [0.2, 0.25) is 0 Å². The Balaban J connectivity index is 2.75. The summed E-state index contributed by atoms with van der Waals surface area (Å²) < 4.78 is 1.99. The van der Waals surface area contributed by atoms with Crippen molar-refractivity contribution in [2.75, 3.05) is 7.05 Å². The van der Waals surface area contributed by atoms with Crippen molar-refractivity contribution in [1.82, 2.24) is 9.88 Å². The molecule has 2 aromatic rings. The van der Waals surface area contributed by atoms with Crippen molar-refractivity contribution in [2.45, 2.75) is 20.0 Å². The number of rotatable bonds is 4. The first-order valence-electron chi connectivity index (χ1n) is 5.67. The Labute approximate surface area is 99.9 Å². The molecular weight excluding hydrogens is 216 g/mol. The molecule has 0 aliphatic heterocycles. The van der Waals surface area contributed by atoms with Gasteiger partial charge in [0.15, 0.2) is 0 Å². The Morgan fingerprint density at radius 2 is 2.24 bits per heavy atom. The maximum absolute atomic E-state index is 11.2. The van der Waals surface area contributed by atoms with Crippen LogP contribution in [0.1, 0.15) is 22.8 Å². The molecule has 0 saturated heterocycles. The van der Waals surface area contributed by atoms with E-state index in [1.807, 2.05) is 30.8 Å². The van der Waals surface area contributed by atoms with Crippen LogP contribution in [0.5, 0.6) is 0 Å². The second kappa shape index (κ2) is 4.59. The highest BCUT2D eigenvalue weighted by Crippen LogP contribution is 2.25. The van der Waals surface area contributed by atoms with Crippen molar-refractivity contribution < 1.29 is 9.90 Å². The van der Waals surface area contributed by atoms with Crippen molar-refractivity contribution in [3.63, 3.8) is 0 Å². The number of para-hydroxylation sites is 1. The number of nitrogens with one attached hydrogen (secondary N) is 1. The molecule has 0 aliphatic rings. The maximum atomic E-state index is 11.2. The van der Waals surface area contributed by atoms with Gasteiger partial charge < -0.3 is 15.0 Å². The third-order valence-electron chi connectivity index (χ3n) is 2.92. The molecule has 0 unspecified atom stereocenters. The first-order chi connectivity index (χ1) is 8.19. The van der Waals surface area contributed by atoms with Gasteiger partial charge in [0.2, 0.25) is 0 Å². The Bertz CT molecular complexity index is 558. The van der Waals surface area contributed by atoms with E-state index in [2.05, 4.69) is 5.32 Å². The Kier molecular flexibility index (Phi) is 3.15. The molecule has 1 aromatic carbocycles. The summed E-state index contributed by atoms with van der Waals surface area (Å²) in [7, 11) is 1.89. The summed E-state index contributed by atoms with van der Waals surface area (Å²) in [5.74, 6) is -0.876. The summed E-state index contributed by atoms with van der Waals surface area (Å²) in [6, 6.07) is 5.42. The summed E-state index contributed by atoms with van der Waals surface area (Å²) in [6.07, 6.45) is 2.02. The molecule has 0 amide bonds. The second-order valence-corrected chi connectivity index (χ2v) is 3.98. The SMILES string of the molecule is CCn1cc(CNC)c2cccc(C(=O)O)c21. The van der Waals surface area contributed by atoms with Gasteiger partial charge in [0.1, 0.15) is 0 Å². The van der Waals surface area contributed by atoms with Crippen LogP contribution < -0.4 is 5.32 Å². The van der Waals surface area contributed by atoms with E-state index in [0.717, 1.165) is 29.6 Å². The first kappa shape index (κ1) is 11.7. The Hall–Kier alpha value is -1.81. The lowest BCUT2D eigenvalue weighted by Gasteiger charge is -2.03. The fourth-order valence-corrected chi connectivity index (χ4v) is 2.19. The summed E-state index contributed by atoms with van der Waals surface area (Å²) in [4.78, 5) is 11.2. The molecular formula is C13H16N2O2. The highest BCUT2D eigenvalue weighted by atomic mass is 16.4. The fourth-order valence-electron chi connectivity index (χ4n) is 2.19. The van der Waals surface area contributed by atoms with Crippen LogP contribution in [0.25, 0.3) is 10.9 Å². The summed E-state index contributed by atoms with van der Waals surface area (Å²) in [5.41, 5.74) is 2.31. The van der Waals surface area contributed by atoms with Crippen molar-refractivity contribution >= 4 is 16.9 Å². The standard InChI is InChI=1S/C13H16N2O2/c1-3-15-8-9(7-14-2)10-5-4-6-11(12(10)15)13(16)17/h4-6,8,14H,3,7H2,1-2H3,(H,16,17). The van der Waals surface area contributed by atoms with Gasteiger partial charge in [-0.3, -0.25) is 0 Å². The number of aryl methyl sites for hydroxylation is 1. The molecule has 4 nitrogen and oxygen atoms in total. The number of hydrogen-bond acceptors (Lipinski definition) is 2. The average Bonchev–Trinajstić information content (AvgIpc) is 2.68. The number of aromatic nitrogens is 1. The number of benzene rings is 1. The number of carboxylic acid groups (broad SMARTS) is 1. The smallest absolute Gasteiger partial charge is 0.337 e. The second-order valence-electron chi connectivity index (χ2n) is 3.98. The molecule has 90 valence electrons.